The van der Waals surface area contributed by atoms with Crippen molar-refractivity contribution in [3.05, 3.63) is 67.6 Å². The summed E-state index contributed by atoms with van der Waals surface area (Å²) in [4.78, 5) is 28.5. The molecule has 0 radical (unpaired) electrons. The fourth-order valence-corrected chi connectivity index (χ4v) is 5.31. The number of likely N-dealkylation sites (tertiary alicyclic amines) is 1. The van der Waals surface area contributed by atoms with Crippen LogP contribution in [0.25, 0.3) is 0 Å². The van der Waals surface area contributed by atoms with Gasteiger partial charge < -0.3 is 16.0 Å². The minimum absolute atomic E-state index is 0.0583. The summed E-state index contributed by atoms with van der Waals surface area (Å²) in [6, 6.07) is 9.41. The molecule has 170 valence electrons. The minimum Gasteiger partial charge on any atom is -0.343 e. The summed E-state index contributed by atoms with van der Waals surface area (Å²) < 4.78 is 0. The van der Waals surface area contributed by atoms with Crippen LogP contribution < -0.4 is 11.1 Å². The highest BCUT2D eigenvalue weighted by Crippen LogP contribution is 2.51. The molecular weight excluding hydrogens is 492 g/mol. The van der Waals surface area contributed by atoms with E-state index in [1.54, 1.807) is 41.3 Å². The molecule has 1 heterocycles. The van der Waals surface area contributed by atoms with Crippen LogP contribution in [0.1, 0.15) is 30.4 Å². The molecule has 2 atom stereocenters. The predicted octanol–water partition coefficient (Wildman–Crippen LogP) is 4.62. The molecule has 32 heavy (non-hydrogen) atoms. The molecule has 2 aromatic rings. The average Bonchev–Trinajstić information content (AvgIpc) is 3.42. The molecule has 1 aliphatic heterocycles. The van der Waals surface area contributed by atoms with Gasteiger partial charge in [0.25, 0.3) is 0 Å². The Balaban J connectivity index is 1.59. The predicted molar refractivity (Wildman–Crippen MR) is 129 cm³/mol. The van der Waals surface area contributed by atoms with Crippen LogP contribution in [0.15, 0.2) is 36.4 Å². The first-order chi connectivity index (χ1) is 15.2. The third kappa shape index (κ3) is 4.87. The lowest BCUT2D eigenvalue weighted by molar-refractivity contribution is -0.136. The number of nitrogens with zero attached hydrogens (tertiary/aromatic N) is 1. The van der Waals surface area contributed by atoms with Gasteiger partial charge in [-0.15, -0.1) is 0 Å². The van der Waals surface area contributed by atoms with E-state index in [0.29, 0.717) is 46.0 Å². The Kier molecular flexibility index (Phi) is 6.94. The molecule has 0 unspecified atom stereocenters. The van der Waals surface area contributed by atoms with E-state index in [9.17, 15) is 9.59 Å². The number of benzene rings is 2. The van der Waals surface area contributed by atoms with Crippen molar-refractivity contribution >= 4 is 58.2 Å². The van der Waals surface area contributed by atoms with Crippen LogP contribution in [0.5, 0.6) is 0 Å². The standard InChI is InChI=1S/C23H23Cl4N3O2/c24-14-2-1-13(18(26)10-14)9-20(21(31)30-8-5-16(28)12-30)29-22(32)23(6-7-23)17-4-3-15(25)11-19(17)27/h1-4,10-11,16,20H,5-9,12,28H2,(H,29,32)/t16-,20+/m1/s1. The van der Waals surface area contributed by atoms with Crippen molar-refractivity contribution in [2.75, 3.05) is 13.1 Å². The van der Waals surface area contributed by atoms with Gasteiger partial charge in [-0.1, -0.05) is 58.5 Å². The molecule has 5 nitrogen and oxygen atoms in total. The van der Waals surface area contributed by atoms with E-state index < -0.39 is 11.5 Å². The van der Waals surface area contributed by atoms with E-state index in [4.69, 9.17) is 52.1 Å². The molecule has 4 rings (SSSR count). The quantitative estimate of drug-likeness (QED) is 0.590. The van der Waals surface area contributed by atoms with Crippen molar-refractivity contribution in [1.29, 1.82) is 0 Å². The summed E-state index contributed by atoms with van der Waals surface area (Å²) in [5.41, 5.74) is 6.69. The molecule has 1 aliphatic carbocycles. The van der Waals surface area contributed by atoms with Gasteiger partial charge >= 0.3 is 0 Å². The second-order valence-corrected chi connectivity index (χ2v) is 10.2. The summed E-state index contributed by atoms with van der Waals surface area (Å²) in [6.45, 7) is 1.03. The fourth-order valence-electron chi connectivity index (χ4n) is 4.23. The number of halogens is 4. The van der Waals surface area contributed by atoms with Crippen LogP contribution in [0.3, 0.4) is 0 Å². The Bertz CT molecular complexity index is 1060. The first-order valence-electron chi connectivity index (χ1n) is 10.4. The number of rotatable bonds is 6. The molecule has 2 aromatic carbocycles. The third-order valence-electron chi connectivity index (χ3n) is 6.21. The monoisotopic (exact) mass is 513 g/mol. The van der Waals surface area contributed by atoms with Crippen LogP contribution in [-0.2, 0) is 21.4 Å². The smallest absolute Gasteiger partial charge is 0.245 e. The van der Waals surface area contributed by atoms with Gasteiger partial charge in [-0.2, -0.15) is 0 Å². The highest BCUT2D eigenvalue weighted by atomic mass is 35.5. The van der Waals surface area contributed by atoms with Crippen LogP contribution in [-0.4, -0.2) is 41.9 Å². The maximum Gasteiger partial charge on any atom is 0.245 e. The molecule has 9 heteroatoms. The molecule has 0 spiro atoms. The summed E-state index contributed by atoms with van der Waals surface area (Å²) in [6.07, 6.45) is 2.28. The van der Waals surface area contributed by atoms with Crippen LogP contribution in [0, 0.1) is 0 Å². The van der Waals surface area contributed by atoms with E-state index >= 15 is 0 Å². The molecule has 1 saturated heterocycles. The Labute approximate surface area is 207 Å². The van der Waals surface area contributed by atoms with Gasteiger partial charge in [0.2, 0.25) is 11.8 Å². The van der Waals surface area contributed by atoms with E-state index in [0.717, 1.165) is 17.5 Å². The summed E-state index contributed by atoms with van der Waals surface area (Å²) in [7, 11) is 0. The number of carbonyl (C=O) groups is 2. The largest absolute Gasteiger partial charge is 0.343 e. The minimum atomic E-state index is -0.782. The second-order valence-electron chi connectivity index (χ2n) is 8.51. The number of amides is 2. The molecule has 0 bridgehead atoms. The van der Waals surface area contributed by atoms with Crippen molar-refractivity contribution in [1.82, 2.24) is 10.2 Å². The van der Waals surface area contributed by atoms with Crippen molar-refractivity contribution in [2.24, 2.45) is 5.73 Å². The van der Waals surface area contributed by atoms with Gasteiger partial charge in [-0.25, -0.2) is 0 Å². The van der Waals surface area contributed by atoms with Crippen molar-refractivity contribution in [3.8, 4) is 0 Å². The summed E-state index contributed by atoms with van der Waals surface area (Å²) in [5, 5.41) is 4.89. The van der Waals surface area contributed by atoms with Crippen LogP contribution >= 0.6 is 46.4 Å². The highest BCUT2D eigenvalue weighted by molar-refractivity contribution is 6.35. The Morgan fingerprint density at radius 2 is 1.72 bits per heavy atom. The van der Waals surface area contributed by atoms with Gasteiger partial charge in [0.05, 0.1) is 5.41 Å². The van der Waals surface area contributed by atoms with Gasteiger partial charge in [0, 0.05) is 45.6 Å². The number of nitrogens with one attached hydrogen (secondary N) is 1. The van der Waals surface area contributed by atoms with Gasteiger partial charge in [0.15, 0.2) is 0 Å². The summed E-state index contributed by atoms with van der Waals surface area (Å²) in [5.74, 6) is -0.399. The van der Waals surface area contributed by atoms with E-state index in [-0.39, 0.29) is 24.3 Å². The molecule has 3 N–H and O–H groups in total. The lowest BCUT2D eigenvalue weighted by Gasteiger charge is -2.27. The zero-order valence-electron chi connectivity index (χ0n) is 17.2. The Morgan fingerprint density at radius 3 is 2.28 bits per heavy atom. The Hall–Kier alpha value is -1.50. The first-order valence-corrected chi connectivity index (χ1v) is 12.0. The van der Waals surface area contributed by atoms with Crippen molar-refractivity contribution < 1.29 is 9.59 Å². The van der Waals surface area contributed by atoms with E-state index in [1.165, 1.54) is 0 Å². The zero-order valence-corrected chi connectivity index (χ0v) is 20.2. The molecule has 2 amide bonds. The summed E-state index contributed by atoms with van der Waals surface area (Å²) >= 11 is 24.8. The number of hydrogen-bond acceptors (Lipinski definition) is 3. The fraction of sp³-hybridized carbons (Fsp3) is 0.391. The van der Waals surface area contributed by atoms with Crippen molar-refractivity contribution in [2.45, 2.75) is 43.2 Å². The normalized spacial score (nSPS) is 20.2. The zero-order chi connectivity index (χ0) is 23.0. The molecule has 2 aliphatic rings. The SMILES string of the molecule is N[C@@H]1CCN(C(=O)[C@H](Cc2ccc(Cl)cc2Cl)NC(=O)C2(c3ccc(Cl)cc3Cl)CC2)C1. The van der Waals surface area contributed by atoms with E-state index in [2.05, 4.69) is 5.32 Å². The maximum atomic E-state index is 13.4. The number of hydrogen-bond donors (Lipinski definition) is 2. The van der Waals surface area contributed by atoms with Crippen LogP contribution in [0.2, 0.25) is 20.1 Å². The maximum absolute atomic E-state index is 13.4. The molecule has 0 aromatic heterocycles. The number of carbonyl (C=O) groups excluding carboxylic acids is 2. The lowest BCUT2D eigenvalue weighted by Crippen LogP contribution is -2.52. The lowest BCUT2D eigenvalue weighted by atomic mass is 9.93. The average molecular weight is 515 g/mol. The third-order valence-corrected chi connectivity index (χ3v) is 7.35. The van der Waals surface area contributed by atoms with Gasteiger partial charge in [-0.3, -0.25) is 9.59 Å². The molecule has 2 fully saturated rings. The first kappa shape index (κ1) is 23.7. The molecule has 1 saturated carbocycles. The van der Waals surface area contributed by atoms with Gasteiger partial charge in [-0.05, 0) is 54.7 Å². The van der Waals surface area contributed by atoms with Crippen molar-refractivity contribution in [3.63, 3.8) is 0 Å². The topological polar surface area (TPSA) is 75.4 Å². The Morgan fingerprint density at radius 1 is 1.06 bits per heavy atom. The van der Waals surface area contributed by atoms with Crippen LogP contribution in [0.4, 0.5) is 0 Å². The molecular formula is C23H23Cl4N3O2. The van der Waals surface area contributed by atoms with Gasteiger partial charge in [0.1, 0.15) is 6.04 Å². The van der Waals surface area contributed by atoms with E-state index in [1.807, 2.05) is 0 Å². The second kappa shape index (κ2) is 9.40. The number of nitrogens with two attached hydrogens (primary N) is 1. The highest BCUT2D eigenvalue weighted by Gasteiger charge is 2.53.